The Labute approximate surface area is 86.7 Å². The quantitative estimate of drug-likeness (QED) is 0.508. The van der Waals surface area contributed by atoms with Crippen LogP contribution in [0.3, 0.4) is 0 Å². The molecule has 0 radical (unpaired) electrons. The largest absolute Gasteiger partial charge is 0.303 e. The van der Waals surface area contributed by atoms with Crippen LogP contribution in [-0.4, -0.2) is 30.8 Å². The van der Waals surface area contributed by atoms with E-state index in [0.29, 0.717) is 0 Å². The van der Waals surface area contributed by atoms with Crippen LogP contribution in [0.15, 0.2) is 0 Å². The molecule has 14 heavy (non-hydrogen) atoms. The Morgan fingerprint density at radius 2 is 1.64 bits per heavy atom. The van der Waals surface area contributed by atoms with Crippen molar-refractivity contribution in [2.75, 3.05) is 19.6 Å². The molecule has 1 heterocycles. The molecule has 0 N–H and O–H groups in total. The van der Waals surface area contributed by atoms with Gasteiger partial charge in [0, 0.05) is 12.0 Å². The molecule has 0 aromatic heterocycles. The van der Waals surface area contributed by atoms with E-state index in [4.69, 9.17) is 0 Å². The highest BCUT2D eigenvalue weighted by Gasteiger charge is 2.33. The van der Waals surface area contributed by atoms with Crippen LogP contribution in [0.2, 0.25) is 0 Å². The highest BCUT2D eigenvalue weighted by molar-refractivity contribution is 5.59. The maximum absolute atomic E-state index is 11.3. The molecular weight excluding hydrogens is 174 g/mol. The molecule has 1 aliphatic heterocycles. The number of aldehydes is 1. The third-order valence-electron chi connectivity index (χ3n) is 3.84. The van der Waals surface area contributed by atoms with Crippen LogP contribution < -0.4 is 0 Å². The molecule has 80 valence electrons. The molecule has 0 aromatic rings. The fraction of sp³-hybridized carbons (Fsp3) is 0.917. The number of carbonyl (C=O) groups is 1. The molecule has 2 heteroatoms. The SMILES string of the molecule is O=CC1(CN2CCC2)CCCCCC1. The number of carbonyl (C=O) groups excluding carboxylic acids is 1. The second-order valence-corrected chi connectivity index (χ2v) is 5.02. The first-order valence-corrected chi connectivity index (χ1v) is 6.03. The van der Waals surface area contributed by atoms with Gasteiger partial charge in [0.05, 0.1) is 0 Å². The second-order valence-electron chi connectivity index (χ2n) is 5.02. The van der Waals surface area contributed by atoms with Crippen LogP contribution in [0, 0.1) is 5.41 Å². The Morgan fingerprint density at radius 3 is 2.07 bits per heavy atom. The summed E-state index contributed by atoms with van der Waals surface area (Å²) in [6.45, 7) is 3.47. The van der Waals surface area contributed by atoms with E-state index >= 15 is 0 Å². The number of rotatable bonds is 3. The van der Waals surface area contributed by atoms with E-state index in [1.165, 1.54) is 51.5 Å². The number of likely N-dealkylation sites (tertiary alicyclic amines) is 1. The van der Waals surface area contributed by atoms with Crippen molar-refractivity contribution in [1.82, 2.24) is 4.90 Å². The predicted molar refractivity (Wildman–Crippen MR) is 57.3 cm³/mol. The summed E-state index contributed by atoms with van der Waals surface area (Å²) in [6, 6.07) is 0. The van der Waals surface area contributed by atoms with E-state index < -0.39 is 0 Å². The lowest BCUT2D eigenvalue weighted by Crippen LogP contribution is -2.45. The molecule has 2 aliphatic rings. The summed E-state index contributed by atoms with van der Waals surface area (Å²) in [7, 11) is 0. The van der Waals surface area contributed by atoms with E-state index in [1.807, 2.05) is 0 Å². The van der Waals surface area contributed by atoms with Crippen LogP contribution in [0.1, 0.15) is 44.9 Å². The van der Waals surface area contributed by atoms with Crippen molar-refractivity contribution in [3.05, 3.63) is 0 Å². The molecule has 2 fully saturated rings. The molecule has 0 unspecified atom stereocenters. The normalized spacial score (nSPS) is 27.7. The minimum atomic E-state index is 0.0247. The number of nitrogens with zero attached hydrogens (tertiary/aromatic N) is 1. The zero-order chi connectivity index (χ0) is 9.86. The molecule has 1 saturated heterocycles. The van der Waals surface area contributed by atoms with Crippen molar-refractivity contribution >= 4 is 6.29 Å². The molecule has 2 nitrogen and oxygen atoms in total. The van der Waals surface area contributed by atoms with E-state index in [-0.39, 0.29) is 5.41 Å². The van der Waals surface area contributed by atoms with Crippen molar-refractivity contribution < 1.29 is 4.79 Å². The predicted octanol–water partition coefficient (Wildman–Crippen LogP) is 2.23. The van der Waals surface area contributed by atoms with Gasteiger partial charge in [-0.2, -0.15) is 0 Å². The van der Waals surface area contributed by atoms with Gasteiger partial charge in [-0.05, 0) is 32.4 Å². The summed E-state index contributed by atoms with van der Waals surface area (Å²) in [4.78, 5) is 13.7. The first-order chi connectivity index (χ1) is 6.85. The van der Waals surface area contributed by atoms with E-state index in [2.05, 4.69) is 4.90 Å². The fourth-order valence-electron chi connectivity index (χ4n) is 2.73. The van der Waals surface area contributed by atoms with E-state index in [9.17, 15) is 4.79 Å². The molecule has 1 aliphatic carbocycles. The molecule has 2 rings (SSSR count). The number of hydrogen-bond acceptors (Lipinski definition) is 2. The van der Waals surface area contributed by atoms with Crippen molar-refractivity contribution in [2.45, 2.75) is 44.9 Å². The summed E-state index contributed by atoms with van der Waals surface area (Å²) >= 11 is 0. The molecule has 0 spiro atoms. The molecule has 1 saturated carbocycles. The summed E-state index contributed by atoms with van der Waals surface area (Å²) in [6.07, 6.45) is 10.0. The smallest absolute Gasteiger partial charge is 0.127 e. The van der Waals surface area contributed by atoms with Crippen LogP contribution in [0.5, 0.6) is 0 Å². The third kappa shape index (κ3) is 2.17. The van der Waals surface area contributed by atoms with Gasteiger partial charge in [0.15, 0.2) is 0 Å². The average Bonchev–Trinajstić information content (AvgIpc) is 2.38. The minimum absolute atomic E-state index is 0.0247. The fourth-order valence-corrected chi connectivity index (χ4v) is 2.73. The topological polar surface area (TPSA) is 20.3 Å². The Bertz CT molecular complexity index is 190. The van der Waals surface area contributed by atoms with Crippen LogP contribution in [-0.2, 0) is 4.79 Å². The lowest BCUT2D eigenvalue weighted by molar-refractivity contribution is -0.118. The standard InChI is InChI=1S/C12H21NO/c14-11-12(10-13-8-5-9-13)6-3-1-2-4-7-12/h11H,1-10H2. The second kappa shape index (κ2) is 4.43. The summed E-state index contributed by atoms with van der Waals surface area (Å²) in [5.74, 6) is 0. The van der Waals surface area contributed by atoms with Gasteiger partial charge in [-0.25, -0.2) is 0 Å². The van der Waals surface area contributed by atoms with Crippen molar-refractivity contribution in [3.8, 4) is 0 Å². The first kappa shape index (κ1) is 10.2. The highest BCUT2D eigenvalue weighted by atomic mass is 16.1. The van der Waals surface area contributed by atoms with Crippen LogP contribution in [0.25, 0.3) is 0 Å². The van der Waals surface area contributed by atoms with Gasteiger partial charge < -0.3 is 9.69 Å². The minimum Gasteiger partial charge on any atom is -0.303 e. The average molecular weight is 195 g/mol. The molecule has 0 atom stereocenters. The van der Waals surface area contributed by atoms with Gasteiger partial charge in [-0.1, -0.05) is 25.7 Å². The number of hydrogen-bond donors (Lipinski definition) is 0. The zero-order valence-corrected chi connectivity index (χ0v) is 9.00. The van der Waals surface area contributed by atoms with Gasteiger partial charge in [0.2, 0.25) is 0 Å². The Hall–Kier alpha value is -0.370. The maximum atomic E-state index is 11.3. The Balaban J connectivity index is 1.94. The Morgan fingerprint density at radius 1 is 1.00 bits per heavy atom. The van der Waals surface area contributed by atoms with E-state index in [0.717, 1.165) is 19.4 Å². The molecule has 0 amide bonds. The van der Waals surface area contributed by atoms with Crippen molar-refractivity contribution in [2.24, 2.45) is 5.41 Å². The first-order valence-electron chi connectivity index (χ1n) is 6.03. The maximum Gasteiger partial charge on any atom is 0.127 e. The molecule has 0 aromatic carbocycles. The van der Waals surface area contributed by atoms with Gasteiger partial charge in [0.25, 0.3) is 0 Å². The Kier molecular flexibility index (Phi) is 3.22. The summed E-state index contributed by atoms with van der Waals surface area (Å²) < 4.78 is 0. The lowest BCUT2D eigenvalue weighted by atomic mass is 9.81. The molecular formula is C12H21NO. The van der Waals surface area contributed by atoms with Crippen LogP contribution >= 0.6 is 0 Å². The zero-order valence-electron chi connectivity index (χ0n) is 9.00. The third-order valence-corrected chi connectivity index (χ3v) is 3.84. The molecule has 0 bridgehead atoms. The van der Waals surface area contributed by atoms with Crippen molar-refractivity contribution in [3.63, 3.8) is 0 Å². The van der Waals surface area contributed by atoms with Crippen LogP contribution in [0.4, 0.5) is 0 Å². The van der Waals surface area contributed by atoms with Gasteiger partial charge in [-0.3, -0.25) is 0 Å². The van der Waals surface area contributed by atoms with Crippen molar-refractivity contribution in [1.29, 1.82) is 0 Å². The lowest BCUT2D eigenvalue weighted by Gasteiger charge is -2.38. The van der Waals surface area contributed by atoms with Gasteiger partial charge >= 0.3 is 0 Å². The summed E-state index contributed by atoms with van der Waals surface area (Å²) in [5, 5.41) is 0. The van der Waals surface area contributed by atoms with E-state index in [1.54, 1.807) is 0 Å². The highest BCUT2D eigenvalue weighted by Crippen LogP contribution is 2.34. The van der Waals surface area contributed by atoms with Gasteiger partial charge in [0.1, 0.15) is 6.29 Å². The monoisotopic (exact) mass is 195 g/mol. The van der Waals surface area contributed by atoms with Gasteiger partial charge in [-0.15, -0.1) is 0 Å². The summed E-state index contributed by atoms with van der Waals surface area (Å²) in [5.41, 5.74) is 0.0247.